The van der Waals surface area contributed by atoms with Crippen molar-refractivity contribution >= 4 is 10.2 Å². The van der Waals surface area contributed by atoms with Crippen LogP contribution < -0.4 is 5.73 Å². The molecule has 0 atom stereocenters. The molecule has 20 heavy (non-hydrogen) atoms. The minimum atomic E-state index is -3.32. The fraction of sp³-hybridized carbons (Fsp3) is 1.00. The average Bonchev–Trinajstić information content (AvgIpc) is 2.49. The topological polar surface area (TPSA) is 85.1 Å². The van der Waals surface area contributed by atoms with Gasteiger partial charge in [-0.2, -0.15) is 17.0 Å². The second kappa shape index (κ2) is 7.67. The van der Waals surface area contributed by atoms with Crippen molar-refractivity contribution in [3.8, 4) is 0 Å². The zero-order valence-electron chi connectivity index (χ0n) is 11.9. The Balaban J connectivity index is 1.80. The van der Waals surface area contributed by atoms with Crippen LogP contribution in [0.25, 0.3) is 0 Å². The van der Waals surface area contributed by atoms with E-state index in [-0.39, 0.29) is 6.10 Å². The third kappa shape index (κ3) is 4.12. The molecule has 0 aromatic heterocycles. The van der Waals surface area contributed by atoms with Crippen molar-refractivity contribution in [3.63, 3.8) is 0 Å². The van der Waals surface area contributed by atoms with Gasteiger partial charge in [0, 0.05) is 32.8 Å². The Hall–Kier alpha value is -0.250. The normalized spacial score (nSPS) is 24.1. The Morgan fingerprint density at radius 1 is 1.10 bits per heavy atom. The molecule has 0 unspecified atom stereocenters. The van der Waals surface area contributed by atoms with E-state index in [4.69, 9.17) is 15.2 Å². The van der Waals surface area contributed by atoms with Crippen LogP contribution >= 0.6 is 0 Å². The van der Waals surface area contributed by atoms with Gasteiger partial charge >= 0.3 is 0 Å². The Morgan fingerprint density at radius 3 is 2.30 bits per heavy atom. The summed E-state index contributed by atoms with van der Waals surface area (Å²) < 4.78 is 38.9. The van der Waals surface area contributed by atoms with Crippen molar-refractivity contribution in [3.05, 3.63) is 0 Å². The molecule has 0 aliphatic carbocycles. The summed E-state index contributed by atoms with van der Waals surface area (Å²) in [7, 11) is -3.32. The lowest BCUT2D eigenvalue weighted by Crippen LogP contribution is -2.51. The highest BCUT2D eigenvalue weighted by Gasteiger charge is 2.33. The highest BCUT2D eigenvalue weighted by Crippen LogP contribution is 2.19. The fourth-order valence-corrected chi connectivity index (χ4v) is 4.11. The molecule has 0 aromatic rings. The monoisotopic (exact) mass is 307 g/mol. The Labute approximate surface area is 121 Å². The van der Waals surface area contributed by atoms with Gasteiger partial charge in [0.15, 0.2) is 0 Å². The standard InChI is InChI=1S/C12H25N3O4S/c13-4-1-9-19-12-2-5-14(6-3-12)20(16,17)15-7-10-18-11-8-15/h12H,1-11,13H2. The largest absolute Gasteiger partial charge is 0.379 e. The predicted octanol–water partition coefficient (Wildman–Crippen LogP) is -0.607. The van der Waals surface area contributed by atoms with E-state index in [1.807, 2.05) is 0 Å². The van der Waals surface area contributed by atoms with Crippen molar-refractivity contribution < 1.29 is 17.9 Å². The Bertz CT molecular complexity index is 376. The summed E-state index contributed by atoms with van der Waals surface area (Å²) in [6, 6.07) is 0. The maximum atomic E-state index is 12.4. The van der Waals surface area contributed by atoms with Crippen LogP contribution in [0.2, 0.25) is 0 Å². The molecule has 0 saturated carbocycles. The van der Waals surface area contributed by atoms with Gasteiger partial charge in [-0.25, -0.2) is 0 Å². The Kier molecular flexibility index (Phi) is 6.19. The number of piperidine rings is 1. The molecule has 2 aliphatic heterocycles. The van der Waals surface area contributed by atoms with Gasteiger partial charge < -0.3 is 15.2 Å². The molecule has 8 heteroatoms. The molecular weight excluding hydrogens is 282 g/mol. The van der Waals surface area contributed by atoms with Crippen LogP contribution in [0.5, 0.6) is 0 Å². The van der Waals surface area contributed by atoms with E-state index in [1.165, 1.54) is 4.31 Å². The first-order valence-corrected chi connectivity index (χ1v) is 8.69. The van der Waals surface area contributed by atoms with E-state index in [1.54, 1.807) is 4.31 Å². The summed E-state index contributed by atoms with van der Waals surface area (Å²) in [4.78, 5) is 0. The molecule has 118 valence electrons. The number of nitrogens with two attached hydrogens (primary N) is 1. The highest BCUT2D eigenvalue weighted by molar-refractivity contribution is 7.86. The predicted molar refractivity (Wildman–Crippen MR) is 75.5 cm³/mol. The minimum absolute atomic E-state index is 0.165. The molecule has 0 aromatic carbocycles. The van der Waals surface area contributed by atoms with Crippen LogP contribution in [-0.2, 0) is 19.7 Å². The summed E-state index contributed by atoms with van der Waals surface area (Å²) >= 11 is 0. The van der Waals surface area contributed by atoms with E-state index in [2.05, 4.69) is 0 Å². The van der Waals surface area contributed by atoms with Gasteiger partial charge in [-0.15, -0.1) is 0 Å². The molecule has 2 aliphatic rings. The van der Waals surface area contributed by atoms with E-state index in [9.17, 15) is 8.42 Å². The molecule has 2 rings (SSSR count). The molecule has 7 nitrogen and oxygen atoms in total. The summed E-state index contributed by atoms with van der Waals surface area (Å²) in [5.41, 5.74) is 5.42. The smallest absolute Gasteiger partial charge is 0.282 e. The van der Waals surface area contributed by atoms with Crippen LogP contribution in [0.4, 0.5) is 0 Å². The number of morpholine rings is 1. The molecule has 2 saturated heterocycles. The van der Waals surface area contributed by atoms with Crippen molar-refractivity contribution in [2.24, 2.45) is 5.73 Å². The van der Waals surface area contributed by atoms with Crippen molar-refractivity contribution in [2.75, 3.05) is 52.5 Å². The molecular formula is C12H25N3O4S. The maximum Gasteiger partial charge on any atom is 0.282 e. The van der Waals surface area contributed by atoms with E-state index in [0.29, 0.717) is 52.5 Å². The van der Waals surface area contributed by atoms with E-state index >= 15 is 0 Å². The molecule has 2 heterocycles. The van der Waals surface area contributed by atoms with Crippen LogP contribution in [0.1, 0.15) is 19.3 Å². The molecule has 0 amide bonds. The van der Waals surface area contributed by atoms with Gasteiger partial charge in [0.2, 0.25) is 0 Å². The second-order valence-corrected chi connectivity index (χ2v) is 7.06. The third-order valence-corrected chi connectivity index (χ3v) is 5.76. The Morgan fingerprint density at radius 2 is 1.70 bits per heavy atom. The highest BCUT2D eigenvalue weighted by atomic mass is 32.2. The molecule has 0 radical (unpaired) electrons. The first-order chi connectivity index (χ1) is 9.64. The SMILES string of the molecule is NCCCOC1CCN(S(=O)(=O)N2CCOCC2)CC1. The number of nitrogens with zero attached hydrogens (tertiary/aromatic N) is 2. The zero-order chi connectivity index (χ0) is 14.4. The maximum absolute atomic E-state index is 12.4. The van der Waals surface area contributed by atoms with Crippen LogP contribution in [-0.4, -0.2) is 75.7 Å². The van der Waals surface area contributed by atoms with Crippen molar-refractivity contribution in [2.45, 2.75) is 25.4 Å². The zero-order valence-corrected chi connectivity index (χ0v) is 12.7. The molecule has 0 spiro atoms. The van der Waals surface area contributed by atoms with Crippen LogP contribution in [0, 0.1) is 0 Å². The lowest BCUT2D eigenvalue weighted by atomic mass is 10.1. The van der Waals surface area contributed by atoms with Gasteiger partial charge in [0.25, 0.3) is 10.2 Å². The van der Waals surface area contributed by atoms with Crippen LogP contribution in [0.3, 0.4) is 0 Å². The third-order valence-electron chi connectivity index (χ3n) is 3.73. The van der Waals surface area contributed by atoms with E-state index in [0.717, 1.165) is 19.3 Å². The van der Waals surface area contributed by atoms with Crippen molar-refractivity contribution in [1.82, 2.24) is 8.61 Å². The van der Waals surface area contributed by atoms with Gasteiger partial charge in [0.1, 0.15) is 0 Å². The quantitative estimate of drug-likeness (QED) is 0.662. The lowest BCUT2D eigenvalue weighted by molar-refractivity contribution is 0.0186. The molecule has 2 N–H and O–H groups in total. The van der Waals surface area contributed by atoms with Gasteiger partial charge in [-0.1, -0.05) is 0 Å². The average molecular weight is 307 g/mol. The first-order valence-electron chi connectivity index (χ1n) is 7.29. The number of rotatable bonds is 6. The van der Waals surface area contributed by atoms with Gasteiger partial charge in [-0.3, -0.25) is 0 Å². The second-order valence-electron chi connectivity index (χ2n) is 5.13. The number of ether oxygens (including phenoxy) is 2. The van der Waals surface area contributed by atoms with Gasteiger partial charge in [-0.05, 0) is 25.8 Å². The number of hydrogen-bond acceptors (Lipinski definition) is 5. The van der Waals surface area contributed by atoms with Crippen molar-refractivity contribution in [1.29, 1.82) is 0 Å². The van der Waals surface area contributed by atoms with E-state index < -0.39 is 10.2 Å². The molecule has 0 bridgehead atoms. The minimum Gasteiger partial charge on any atom is -0.379 e. The molecule has 2 fully saturated rings. The first kappa shape index (κ1) is 16.1. The summed E-state index contributed by atoms with van der Waals surface area (Å²) in [5, 5.41) is 0. The summed E-state index contributed by atoms with van der Waals surface area (Å²) in [6.07, 6.45) is 2.53. The lowest BCUT2D eigenvalue weighted by Gasteiger charge is -2.36. The van der Waals surface area contributed by atoms with Gasteiger partial charge in [0.05, 0.1) is 19.3 Å². The summed E-state index contributed by atoms with van der Waals surface area (Å²) in [6.45, 7) is 4.24. The summed E-state index contributed by atoms with van der Waals surface area (Å²) in [5.74, 6) is 0. The fourth-order valence-electron chi connectivity index (χ4n) is 2.50. The number of hydrogen-bond donors (Lipinski definition) is 1. The van der Waals surface area contributed by atoms with Crippen LogP contribution in [0.15, 0.2) is 0 Å².